The second-order valence-electron chi connectivity index (χ2n) is 6.27. The predicted molar refractivity (Wildman–Crippen MR) is 100 cm³/mol. The molecule has 1 N–H and O–H groups in total. The number of carbonyl (C=O) groups excluding carboxylic acids is 1. The number of thiazole rings is 1. The number of hydrogen-bond acceptors (Lipinski definition) is 6. The Hall–Kier alpha value is -2.22. The lowest BCUT2D eigenvalue weighted by Crippen LogP contribution is -2.35. The largest absolute Gasteiger partial charge is 0.467 e. The van der Waals surface area contributed by atoms with E-state index in [1.165, 1.54) is 11.0 Å². The maximum Gasteiger partial charge on any atom is 0.254 e. The van der Waals surface area contributed by atoms with Crippen molar-refractivity contribution >= 4 is 27.5 Å². The van der Waals surface area contributed by atoms with Crippen molar-refractivity contribution in [3.63, 3.8) is 0 Å². The Balaban J connectivity index is 1.28. The van der Waals surface area contributed by atoms with Crippen LogP contribution in [0.5, 0.6) is 0 Å². The molecular weight excluding hydrogens is 350 g/mol. The zero-order chi connectivity index (χ0) is 17.8. The third-order valence-electron chi connectivity index (χ3n) is 4.36. The normalized spacial score (nSPS) is 15.4. The monoisotopic (exact) mass is 371 g/mol. The molecule has 0 unspecified atom stereocenters. The maximum atomic E-state index is 12.3. The standard InChI is InChI=1S/C19H21N3O3S/c23-19(14-11-15(25-13-14)12-22-7-9-24-10-8-22)20-6-5-18-21-16-3-1-2-4-17(16)26-18/h1-4,11,13H,5-10,12H2,(H,20,23). The summed E-state index contributed by atoms with van der Waals surface area (Å²) in [6, 6.07) is 9.90. The molecule has 0 atom stereocenters. The summed E-state index contributed by atoms with van der Waals surface area (Å²) in [4.78, 5) is 19.1. The average Bonchev–Trinajstić information content (AvgIpc) is 3.29. The summed E-state index contributed by atoms with van der Waals surface area (Å²) in [7, 11) is 0. The Morgan fingerprint density at radius 1 is 1.27 bits per heavy atom. The van der Waals surface area contributed by atoms with Crippen LogP contribution in [-0.4, -0.2) is 48.6 Å². The van der Waals surface area contributed by atoms with Gasteiger partial charge >= 0.3 is 0 Å². The molecule has 0 radical (unpaired) electrons. The quantitative estimate of drug-likeness (QED) is 0.722. The highest BCUT2D eigenvalue weighted by atomic mass is 32.1. The van der Waals surface area contributed by atoms with Crippen LogP contribution in [0.2, 0.25) is 0 Å². The van der Waals surface area contributed by atoms with Gasteiger partial charge in [-0.1, -0.05) is 12.1 Å². The molecule has 0 spiro atoms. The summed E-state index contributed by atoms with van der Waals surface area (Å²) < 4.78 is 12.1. The molecule has 7 heteroatoms. The zero-order valence-electron chi connectivity index (χ0n) is 14.4. The minimum atomic E-state index is -0.108. The van der Waals surface area contributed by atoms with Gasteiger partial charge in [-0.25, -0.2) is 4.98 Å². The van der Waals surface area contributed by atoms with Crippen LogP contribution in [0, 0.1) is 0 Å². The van der Waals surface area contributed by atoms with Gasteiger partial charge in [0.2, 0.25) is 0 Å². The van der Waals surface area contributed by atoms with E-state index in [4.69, 9.17) is 9.15 Å². The molecule has 0 bridgehead atoms. The number of benzene rings is 1. The first-order valence-electron chi connectivity index (χ1n) is 8.78. The fourth-order valence-corrected chi connectivity index (χ4v) is 3.94. The van der Waals surface area contributed by atoms with E-state index in [1.807, 2.05) is 24.3 Å². The third-order valence-corrected chi connectivity index (χ3v) is 5.46. The Kier molecular flexibility index (Phi) is 5.29. The number of fused-ring (bicyclic) bond motifs is 1. The van der Waals surface area contributed by atoms with E-state index in [-0.39, 0.29) is 5.91 Å². The van der Waals surface area contributed by atoms with Crippen molar-refractivity contribution in [1.82, 2.24) is 15.2 Å². The number of aromatic nitrogens is 1. The summed E-state index contributed by atoms with van der Waals surface area (Å²) in [5.74, 6) is 0.700. The van der Waals surface area contributed by atoms with E-state index < -0.39 is 0 Å². The number of rotatable bonds is 6. The summed E-state index contributed by atoms with van der Waals surface area (Å²) in [5.41, 5.74) is 1.58. The molecule has 0 saturated carbocycles. The van der Waals surface area contributed by atoms with Crippen molar-refractivity contribution in [2.24, 2.45) is 0 Å². The Bertz CT molecular complexity index is 850. The number of carbonyl (C=O) groups is 1. The molecule has 3 aromatic rings. The van der Waals surface area contributed by atoms with Gasteiger partial charge in [0.1, 0.15) is 12.0 Å². The van der Waals surface area contributed by atoms with Crippen LogP contribution in [-0.2, 0) is 17.7 Å². The van der Waals surface area contributed by atoms with Gasteiger partial charge in [0, 0.05) is 26.1 Å². The molecule has 1 aromatic carbocycles. The van der Waals surface area contributed by atoms with E-state index >= 15 is 0 Å². The van der Waals surface area contributed by atoms with E-state index in [9.17, 15) is 4.79 Å². The summed E-state index contributed by atoms with van der Waals surface area (Å²) in [5, 5.41) is 3.98. The highest BCUT2D eigenvalue weighted by Gasteiger charge is 2.15. The second-order valence-corrected chi connectivity index (χ2v) is 7.39. The zero-order valence-corrected chi connectivity index (χ0v) is 15.3. The van der Waals surface area contributed by atoms with Crippen LogP contribution in [0.1, 0.15) is 21.1 Å². The molecule has 26 heavy (non-hydrogen) atoms. The number of morpholine rings is 1. The molecule has 4 rings (SSSR count). The molecule has 6 nitrogen and oxygen atoms in total. The summed E-state index contributed by atoms with van der Waals surface area (Å²) in [6.45, 7) is 4.55. The minimum Gasteiger partial charge on any atom is -0.467 e. The van der Waals surface area contributed by atoms with Crippen LogP contribution in [0.4, 0.5) is 0 Å². The number of ether oxygens (including phenoxy) is 1. The summed E-state index contributed by atoms with van der Waals surface area (Å²) in [6.07, 6.45) is 2.26. The molecule has 3 heterocycles. The van der Waals surface area contributed by atoms with Gasteiger partial charge in [-0.2, -0.15) is 0 Å². The second kappa shape index (κ2) is 7.99. The molecule has 0 aliphatic carbocycles. The average molecular weight is 371 g/mol. The molecule has 1 aliphatic heterocycles. The van der Waals surface area contributed by atoms with Gasteiger partial charge in [-0.05, 0) is 18.2 Å². The van der Waals surface area contributed by atoms with Crippen LogP contribution in [0.15, 0.2) is 41.0 Å². The number of para-hydroxylation sites is 1. The van der Waals surface area contributed by atoms with Crippen LogP contribution >= 0.6 is 11.3 Å². The van der Waals surface area contributed by atoms with Crippen molar-refractivity contribution in [1.29, 1.82) is 0 Å². The lowest BCUT2D eigenvalue weighted by atomic mass is 10.2. The SMILES string of the molecule is O=C(NCCc1nc2ccccc2s1)c1coc(CN2CCOCC2)c1. The smallest absolute Gasteiger partial charge is 0.254 e. The highest BCUT2D eigenvalue weighted by molar-refractivity contribution is 7.18. The van der Waals surface area contributed by atoms with E-state index in [0.29, 0.717) is 18.7 Å². The van der Waals surface area contributed by atoms with Gasteiger partial charge in [0.15, 0.2) is 0 Å². The Labute approximate surface area is 155 Å². The lowest BCUT2D eigenvalue weighted by Gasteiger charge is -2.25. The van der Waals surface area contributed by atoms with Crippen molar-refractivity contribution in [3.05, 3.63) is 52.9 Å². The van der Waals surface area contributed by atoms with Crippen molar-refractivity contribution in [2.45, 2.75) is 13.0 Å². The molecular formula is C19H21N3O3S. The molecule has 2 aromatic heterocycles. The molecule has 1 amide bonds. The van der Waals surface area contributed by atoms with E-state index in [2.05, 4.69) is 21.3 Å². The van der Waals surface area contributed by atoms with Crippen LogP contribution < -0.4 is 5.32 Å². The topological polar surface area (TPSA) is 67.6 Å². The van der Waals surface area contributed by atoms with E-state index in [0.717, 1.165) is 49.0 Å². The Morgan fingerprint density at radius 2 is 2.12 bits per heavy atom. The van der Waals surface area contributed by atoms with Gasteiger partial charge in [-0.3, -0.25) is 9.69 Å². The first kappa shape index (κ1) is 17.2. The third kappa shape index (κ3) is 4.12. The first-order valence-corrected chi connectivity index (χ1v) is 9.60. The first-order chi connectivity index (χ1) is 12.8. The fourth-order valence-electron chi connectivity index (χ4n) is 2.97. The van der Waals surface area contributed by atoms with Gasteiger partial charge in [-0.15, -0.1) is 11.3 Å². The van der Waals surface area contributed by atoms with Crippen LogP contribution in [0.3, 0.4) is 0 Å². The number of amides is 1. The lowest BCUT2D eigenvalue weighted by molar-refractivity contribution is 0.0313. The number of hydrogen-bond donors (Lipinski definition) is 1. The highest BCUT2D eigenvalue weighted by Crippen LogP contribution is 2.21. The number of nitrogens with one attached hydrogen (secondary N) is 1. The number of nitrogens with zero attached hydrogens (tertiary/aromatic N) is 2. The molecule has 1 aliphatic rings. The number of furan rings is 1. The predicted octanol–water partition coefficient (Wildman–Crippen LogP) is 2.69. The Morgan fingerprint density at radius 3 is 2.96 bits per heavy atom. The van der Waals surface area contributed by atoms with E-state index in [1.54, 1.807) is 11.3 Å². The van der Waals surface area contributed by atoms with Crippen molar-refractivity contribution in [2.75, 3.05) is 32.8 Å². The van der Waals surface area contributed by atoms with Gasteiger partial charge in [0.25, 0.3) is 5.91 Å². The molecule has 136 valence electrons. The summed E-state index contributed by atoms with van der Waals surface area (Å²) >= 11 is 1.67. The van der Waals surface area contributed by atoms with Gasteiger partial charge < -0.3 is 14.5 Å². The van der Waals surface area contributed by atoms with Crippen molar-refractivity contribution in [3.8, 4) is 0 Å². The van der Waals surface area contributed by atoms with Gasteiger partial charge in [0.05, 0.1) is 40.5 Å². The maximum absolute atomic E-state index is 12.3. The minimum absolute atomic E-state index is 0.108. The molecule has 1 saturated heterocycles. The van der Waals surface area contributed by atoms with Crippen molar-refractivity contribution < 1.29 is 13.9 Å². The van der Waals surface area contributed by atoms with Crippen LogP contribution in [0.25, 0.3) is 10.2 Å². The molecule has 1 fully saturated rings. The fraction of sp³-hybridized carbons (Fsp3) is 0.368.